The van der Waals surface area contributed by atoms with E-state index in [4.69, 9.17) is 5.73 Å². The molecule has 0 aliphatic carbocycles. The number of carbonyl (C=O) groups excluding carboxylic acids is 1. The van der Waals surface area contributed by atoms with Crippen LogP contribution < -0.4 is 16.4 Å². The van der Waals surface area contributed by atoms with E-state index >= 15 is 0 Å². The summed E-state index contributed by atoms with van der Waals surface area (Å²) >= 11 is 0. The number of carbonyl (C=O) groups is 1. The largest absolute Gasteiger partial charge is 0.416 e. The van der Waals surface area contributed by atoms with Crippen molar-refractivity contribution < 1.29 is 18.0 Å². The van der Waals surface area contributed by atoms with Crippen LogP contribution in [0.1, 0.15) is 21.6 Å². The SMILES string of the molecule is Cc1ccc2c(Nc3cccc(C(F)(F)F)c3)nccc2c1NC(=O)c1cnc2c(N)ncnn12. The van der Waals surface area contributed by atoms with Gasteiger partial charge in [-0.1, -0.05) is 18.2 Å². The third-order valence-corrected chi connectivity index (χ3v) is 5.41. The Morgan fingerprint density at radius 1 is 1.06 bits per heavy atom. The molecule has 0 atom stereocenters. The van der Waals surface area contributed by atoms with Crippen molar-refractivity contribution in [1.82, 2.24) is 24.6 Å². The topological polar surface area (TPSA) is 123 Å². The fraction of sp³-hybridized carbons (Fsp3) is 0.0870. The van der Waals surface area contributed by atoms with Crippen molar-refractivity contribution in [2.24, 2.45) is 0 Å². The second-order valence-electron chi connectivity index (χ2n) is 7.69. The van der Waals surface area contributed by atoms with Crippen LogP contribution in [0.2, 0.25) is 0 Å². The molecule has 0 saturated carbocycles. The fourth-order valence-electron chi connectivity index (χ4n) is 3.71. The van der Waals surface area contributed by atoms with E-state index in [1.54, 1.807) is 18.2 Å². The molecule has 176 valence electrons. The third kappa shape index (κ3) is 4.05. The van der Waals surface area contributed by atoms with E-state index in [0.29, 0.717) is 22.3 Å². The molecule has 5 rings (SSSR count). The number of halogens is 3. The number of alkyl halides is 3. The highest BCUT2D eigenvalue weighted by Crippen LogP contribution is 2.34. The Kier molecular flexibility index (Phi) is 5.20. The lowest BCUT2D eigenvalue weighted by atomic mass is 10.1. The summed E-state index contributed by atoms with van der Waals surface area (Å²) in [7, 11) is 0. The Morgan fingerprint density at radius 2 is 1.89 bits per heavy atom. The maximum Gasteiger partial charge on any atom is 0.416 e. The van der Waals surface area contributed by atoms with Crippen LogP contribution in [-0.4, -0.2) is 30.5 Å². The Hall–Kier alpha value is -4.74. The van der Waals surface area contributed by atoms with Crippen molar-refractivity contribution in [3.8, 4) is 0 Å². The number of aryl methyl sites for hydroxylation is 1. The number of benzene rings is 2. The molecule has 0 radical (unpaired) electrons. The molecular weight excluding hydrogens is 461 g/mol. The van der Waals surface area contributed by atoms with Gasteiger partial charge >= 0.3 is 6.18 Å². The first-order valence-electron chi connectivity index (χ1n) is 10.3. The van der Waals surface area contributed by atoms with E-state index in [9.17, 15) is 18.0 Å². The van der Waals surface area contributed by atoms with Crippen LogP contribution >= 0.6 is 0 Å². The number of nitrogen functional groups attached to an aromatic ring is 1. The zero-order valence-electron chi connectivity index (χ0n) is 18.1. The van der Waals surface area contributed by atoms with E-state index in [-0.39, 0.29) is 22.8 Å². The molecular formula is C23H17F3N8O. The highest BCUT2D eigenvalue weighted by molar-refractivity contribution is 6.11. The zero-order valence-corrected chi connectivity index (χ0v) is 18.1. The number of nitrogens with one attached hydrogen (secondary N) is 2. The summed E-state index contributed by atoms with van der Waals surface area (Å²) < 4.78 is 40.6. The highest BCUT2D eigenvalue weighted by atomic mass is 19.4. The molecule has 2 aromatic carbocycles. The Labute approximate surface area is 195 Å². The van der Waals surface area contributed by atoms with Crippen molar-refractivity contribution in [1.29, 1.82) is 0 Å². The van der Waals surface area contributed by atoms with Crippen LogP contribution in [0.25, 0.3) is 16.4 Å². The Bertz CT molecular complexity index is 1600. The average molecular weight is 478 g/mol. The van der Waals surface area contributed by atoms with Crippen molar-refractivity contribution in [2.75, 3.05) is 16.4 Å². The first kappa shape index (κ1) is 22.1. The summed E-state index contributed by atoms with van der Waals surface area (Å²) in [5.74, 6) is -0.000171. The predicted molar refractivity (Wildman–Crippen MR) is 124 cm³/mol. The van der Waals surface area contributed by atoms with Gasteiger partial charge in [0, 0.05) is 22.7 Å². The van der Waals surface area contributed by atoms with E-state index in [2.05, 4.69) is 30.7 Å². The van der Waals surface area contributed by atoms with Gasteiger partial charge in [-0.15, -0.1) is 0 Å². The lowest BCUT2D eigenvalue weighted by Crippen LogP contribution is -2.16. The number of imidazole rings is 1. The summed E-state index contributed by atoms with van der Waals surface area (Å²) in [5, 5.41) is 11.1. The van der Waals surface area contributed by atoms with Gasteiger partial charge in [0.25, 0.3) is 5.91 Å². The van der Waals surface area contributed by atoms with Crippen LogP contribution in [0, 0.1) is 6.92 Å². The van der Waals surface area contributed by atoms with Crippen LogP contribution in [0.3, 0.4) is 0 Å². The normalized spacial score (nSPS) is 11.7. The smallest absolute Gasteiger partial charge is 0.381 e. The van der Waals surface area contributed by atoms with Gasteiger partial charge in [-0.3, -0.25) is 4.79 Å². The van der Waals surface area contributed by atoms with Gasteiger partial charge in [-0.05, 0) is 36.8 Å². The highest BCUT2D eigenvalue weighted by Gasteiger charge is 2.30. The molecule has 35 heavy (non-hydrogen) atoms. The van der Waals surface area contributed by atoms with Gasteiger partial charge < -0.3 is 16.4 Å². The lowest BCUT2D eigenvalue weighted by Gasteiger charge is -2.15. The average Bonchev–Trinajstić information content (AvgIpc) is 3.26. The first-order valence-corrected chi connectivity index (χ1v) is 10.3. The molecule has 3 heterocycles. The van der Waals surface area contributed by atoms with Crippen molar-refractivity contribution in [3.05, 3.63) is 78.0 Å². The number of nitrogens with two attached hydrogens (primary N) is 1. The summed E-state index contributed by atoms with van der Waals surface area (Å²) in [6, 6.07) is 10.1. The van der Waals surface area contributed by atoms with Crippen molar-refractivity contribution in [3.63, 3.8) is 0 Å². The number of anilines is 4. The summed E-state index contributed by atoms with van der Waals surface area (Å²) in [6.45, 7) is 1.82. The number of fused-ring (bicyclic) bond motifs is 2. The van der Waals surface area contributed by atoms with Gasteiger partial charge in [0.05, 0.1) is 17.4 Å². The van der Waals surface area contributed by atoms with Gasteiger partial charge in [-0.25, -0.2) is 19.5 Å². The number of amides is 1. The molecule has 0 bridgehead atoms. The molecule has 9 nitrogen and oxygen atoms in total. The molecule has 0 fully saturated rings. The molecule has 0 spiro atoms. The zero-order chi connectivity index (χ0) is 24.7. The third-order valence-electron chi connectivity index (χ3n) is 5.41. The minimum absolute atomic E-state index is 0.136. The Balaban J connectivity index is 1.52. The molecule has 0 aliphatic rings. The quantitative estimate of drug-likeness (QED) is 0.346. The molecule has 12 heteroatoms. The van der Waals surface area contributed by atoms with Gasteiger partial charge in [0.2, 0.25) is 0 Å². The second-order valence-corrected chi connectivity index (χ2v) is 7.69. The molecule has 5 aromatic rings. The van der Waals surface area contributed by atoms with E-state index in [1.165, 1.54) is 35.4 Å². The molecule has 3 aromatic heterocycles. The van der Waals surface area contributed by atoms with Gasteiger partial charge in [0.1, 0.15) is 12.1 Å². The van der Waals surface area contributed by atoms with Crippen molar-refractivity contribution in [2.45, 2.75) is 13.1 Å². The van der Waals surface area contributed by atoms with E-state index in [0.717, 1.165) is 17.7 Å². The lowest BCUT2D eigenvalue weighted by molar-refractivity contribution is -0.137. The summed E-state index contributed by atoms with van der Waals surface area (Å²) in [4.78, 5) is 25.3. The minimum atomic E-state index is -4.47. The van der Waals surface area contributed by atoms with Crippen LogP contribution in [0.15, 0.2) is 61.2 Å². The standard InChI is InChI=1S/C23H17F3N8O/c1-12-5-6-16-15(7-8-28-20(16)32-14-4-2-3-13(9-14)23(24,25)26)18(12)33-22(35)17-10-29-21-19(27)30-11-31-34(17)21/h2-11H,1H3,(H,28,32)(H,33,35)(H2,27,30,31). The summed E-state index contributed by atoms with van der Waals surface area (Å²) in [5.41, 5.74) is 6.94. The molecule has 1 amide bonds. The number of pyridine rings is 1. The second kappa shape index (κ2) is 8.24. The first-order chi connectivity index (χ1) is 16.7. The van der Waals surface area contributed by atoms with Crippen LogP contribution in [0.5, 0.6) is 0 Å². The number of aromatic nitrogens is 5. The fourth-order valence-corrected chi connectivity index (χ4v) is 3.71. The molecule has 0 saturated heterocycles. The van der Waals surface area contributed by atoms with E-state index in [1.807, 2.05) is 6.92 Å². The number of hydrogen-bond acceptors (Lipinski definition) is 7. The number of hydrogen-bond donors (Lipinski definition) is 3. The summed E-state index contributed by atoms with van der Waals surface area (Å²) in [6.07, 6.45) is -0.388. The van der Waals surface area contributed by atoms with Crippen molar-refractivity contribution >= 4 is 45.3 Å². The molecule has 0 aliphatic heterocycles. The van der Waals surface area contributed by atoms with Crippen LogP contribution in [-0.2, 0) is 6.18 Å². The van der Waals surface area contributed by atoms with E-state index < -0.39 is 17.6 Å². The van der Waals surface area contributed by atoms with Gasteiger partial charge in [0.15, 0.2) is 17.2 Å². The van der Waals surface area contributed by atoms with Gasteiger partial charge in [-0.2, -0.15) is 18.3 Å². The number of nitrogens with zero attached hydrogens (tertiary/aromatic N) is 5. The minimum Gasteiger partial charge on any atom is -0.381 e. The Morgan fingerprint density at radius 3 is 2.69 bits per heavy atom. The number of rotatable bonds is 4. The maximum atomic E-state index is 13.1. The monoisotopic (exact) mass is 478 g/mol. The molecule has 4 N–H and O–H groups in total. The maximum absolute atomic E-state index is 13.1. The van der Waals surface area contributed by atoms with Crippen LogP contribution in [0.4, 0.5) is 36.2 Å². The predicted octanol–water partition coefficient (Wildman–Crippen LogP) is 4.58. The molecule has 0 unspecified atom stereocenters.